The van der Waals surface area contributed by atoms with E-state index in [2.05, 4.69) is 11.9 Å². The van der Waals surface area contributed by atoms with E-state index in [0.717, 1.165) is 6.42 Å². The molecule has 0 amide bonds. The predicted molar refractivity (Wildman–Crippen MR) is 91.4 cm³/mol. The van der Waals surface area contributed by atoms with Crippen LogP contribution >= 0.6 is 0 Å². The van der Waals surface area contributed by atoms with Gasteiger partial charge < -0.3 is 9.30 Å². The van der Waals surface area contributed by atoms with Crippen LogP contribution in [-0.4, -0.2) is 42.0 Å². The molecule has 130 valence electrons. The summed E-state index contributed by atoms with van der Waals surface area (Å²) in [4.78, 5) is 4.37. The van der Waals surface area contributed by atoms with E-state index in [1.807, 2.05) is 17.7 Å². The summed E-state index contributed by atoms with van der Waals surface area (Å²) in [5.41, 5.74) is 0. The van der Waals surface area contributed by atoms with Crippen molar-refractivity contribution in [2.45, 2.75) is 31.2 Å². The molecular formula is C17H23N3O3S. The van der Waals surface area contributed by atoms with Crippen LogP contribution < -0.4 is 4.74 Å². The molecule has 1 aromatic carbocycles. The molecule has 1 fully saturated rings. The Morgan fingerprint density at radius 3 is 2.92 bits per heavy atom. The first-order valence-corrected chi connectivity index (χ1v) is 9.67. The lowest BCUT2D eigenvalue weighted by Gasteiger charge is -2.36. The Bertz CT molecular complexity index is 774. The van der Waals surface area contributed by atoms with Gasteiger partial charge in [0.25, 0.3) is 0 Å². The number of sulfonamides is 1. The Kier molecular flexibility index (Phi) is 4.91. The first kappa shape index (κ1) is 17.0. The van der Waals surface area contributed by atoms with Crippen LogP contribution in [0.15, 0.2) is 47.9 Å². The fourth-order valence-corrected chi connectivity index (χ4v) is 4.64. The fraction of sp³-hybridized carbons (Fsp3) is 0.471. The maximum atomic E-state index is 13.0. The second kappa shape index (κ2) is 6.94. The Labute approximate surface area is 143 Å². The van der Waals surface area contributed by atoms with Gasteiger partial charge in [-0.3, -0.25) is 0 Å². The van der Waals surface area contributed by atoms with Gasteiger partial charge in [0, 0.05) is 31.5 Å². The van der Waals surface area contributed by atoms with Crippen LogP contribution in [0.4, 0.5) is 0 Å². The van der Waals surface area contributed by atoms with E-state index in [9.17, 15) is 8.42 Å². The summed E-state index contributed by atoms with van der Waals surface area (Å²) in [7, 11) is -3.53. The maximum Gasteiger partial charge on any atom is 0.243 e. The lowest BCUT2D eigenvalue weighted by atomic mass is 9.95. The average molecular weight is 349 g/mol. The SMILES string of the molecule is CCOc1cccc(S(=O)(=O)N2CC[C@@H](C)[C@H](n3ccnc3)C2)c1. The van der Waals surface area contributed by atoms with Gasteiger partial charge in [-0.1, -0.05) is 13.0 Å². The lowest BCUT2D eigenvalue weighted by molar-refractivity contribution is 0.200. The zero-order valence-corrected chi connectivity index (χ0v) is 14.8. The van der Waals surface area contributed by atoms with Gasteiger partial charge >= 0.3 is 0 Å². The summed E-state index contributed by atoms with van der Waals surface area (Å²) < 4.78 is 35.0. The van der Waals surface area contributed by atoms with Crippen LogP contribution in [0.3, 0.4) is 0 Å². The van der Waals surface area contributed by atoms with Crippen molar-refractivity contribution in [3.05, 3.63) is 43.0 Å². The zero-order chi connectivity index (χ0) is 17.2. The number of hydrogen-bond donors (Lipinski definition) is 0. The number of hydrogen-bond acceptors (Lipinski definition) is 4. The first-order valence-electron chi connectivity index (χ1n) is 8.23. The molecule has 2 heterocycles. The van der Waals surface area contributed by atoms with Crippen LogP contribution in [0.25, 0.3) is 0 Å². The Hall–Kier alpha value is -1.86. The highest BCUT2D eigenvalue weighted by Gasteiger charge is 2.34. The lowest BCUT2D eigenvalue weighted by Crippen LogP contribution is -2.43. The van der Waals surface area contributed by atoms with E-state index in [4.69, 9.17) is 4.74 Å². The van der Waals surface area contributed by atoms with Crippen LogP contribution in [0.5, 0.6) is 5.75 Å². The van der Waals surface area contributed by atoms with Crippen molar-refractivity contribution in [2.75, 3.05) is 19.7 Å². The van der Waals surface area contributed by atoms with Crippen LogP contribution in [0.2, 0.25) is 0 Å². The second-order valence-electron chi connectivity index (χ2n) is 6.11. The first-order chi connectivity index (χ1) is 11.5. The molecule has 1 aliphatic rings. The van der Waals surface area contributed by atoms with Crippen molar-refractivity contribution >= 4 is 10.0 Å². The van der Waals surface area contributed by atoms with E-state index in [1.54, 1.807) is 41.1 Å². The van der Waals surface area contributed by atoms with E-state index < -0.39 is 10.0 Å². The predicted octanol–water partition coefficient (Wildman–Crippen LogP) is 2.55. The Morgan fingerprint density at radius 1 is 1.38 bits per heavy atom. The number of benzene rings is 1. The molecule has 1 saturated heterocycles. The van der Waals surface area contributed by atoms with Gasteiger partial charge in [-0.05, 0) is 31.4 Å². The van der Waals surface area contributed by atoms with Crippen molar-refractivity contribution < 1.29 is 13.2 Å². The molecule has 2 atom stereocenters. The third-order valence-electron chi connectivity index (χ3n) is 4.54. The van der Waals surface area contributed by atoms with Crippen molar-refractivity contribution in [1.82, 2.24) is 13.9 Å². The van der Waals surface area contributed by atoms with Crippen LogP contribution in [0.1, 0.15) is 26.3 Å². The molecule has 0 spiro atoms. The number of aromatic nitrogens is 2. The summed E-state index contributed by atoms with van der Waals surface area (Å²) in [6.45, 7) is 5.53. The van der Waals surface area contributed by atoms with Gasteiger partial charge in [0.2, 0.25) is 10.0 Å². The largest absolute Gasteiger partial charge is 0.494 e. The molecule has 3 rings (SSSR count). The second-order valence-corrected chi connectivity index (χ2v) is 8.05. The molecule has 0 N–H and O–H groups in total. The Morgan fingerprint density at radius 2 is 2.21 bits per heavy atom. The van der Waals surface area contributed by atoms with Crippen LogP contribution in [-0.2, 0) is 10.0 Å². The number of imidazole rings is 1. The number of rotatable bonds is 5. The molecule has 1 aromatic heterocycles. The molecule has 0 bridgehead atoms. The van der Waals surface area contributed by atoms with Gasteiger partial charge in [-0.15, -0.1) is 0 Å². The van der Waals surface area contributed by atoms with E-state index in [1.165, 1.54) is 0 Å². The molecule has 0 unspecified atom stereocenters. The van der Waals surface area contributed by atoms with Gasteiger partial charge in [-0.2, -0.15) is 4.31 Å². The van der Waals surface area contributed by atoms with Crippen molar-refractivity contribution in [1.29, 1.82) is 0 Å². The minimum Gasteiger partial charge on any atom is -0.494 e. The van der Waals surface area contributed by atoms with E-state index in [0.29, 0.717) is 31.4 Å². The molecule has 6 nitrogen and oxygen atoms in total. The number of piperidine rings is 1. The minimum atomic E-state index is -3.53. The van der Waals surface area contributed by atoms with Gasteiger partial charge in [0.05, 0.1) is 23.9 Å². The molecule has 0 radical (unpaired) electrons. The van der Waals surface area contributed by atoms with Gasteiger partial charge in [-0.25, -0.2) is 13.4 Å². The highest BCUT2D eigenvalue weighted by molar-refractivity contribution is 7.89. The minimum absolute atomic E-state index is 0.103. The third kappa shape index (κ3) is 3.32. The summed E-state index contributed by atoms with van der Waals surface area (Å²) in [5, 5.41) is 0. The Balaban J connectivity index is 1.85. The maximum absolute atomic E-state index is 13.0. The standard InChI is InChI=1S/C17H23N3O3S/c1-3-23-15-5-4-6-16(11-15)24(21,22)20-9-7-14(2)17(12-20)19-10-8-18-13-19/h4-6,8,10-11,13-14,17H,3,7,9,12H2,1-2H3/t14-,17-/m1/s1. The van der Waals surface area contributed by atoms with Crippen molar-refractivity contribution in [3.63, 3.8) is 0 Å². The summed E-state index contributed by atoms with van der Waals surface area (Å²) in [6.07, 6.45) is 6.21. The molecule has 2 aromatic rings. The monoisotopic (exact) mass is 349 g/mol. The topological polar surface area (TPSA) is 64.4 Å². The summed E-state index contributed by atoms with van der Waals surface area (Å²) >= 11 is 0. The van der Waals surface area contributed by atoms with Gasteiger partial charge in [0.15, 0.2) is 0 Å². The quantitative estimate of drug-likeness (QED) is 0.832. The average Bonchev–Trinajstić information content (AvgIpc) is 3.10. The van der Waals surface area contributed by atoms with E-state index in [-0.39, 0.29) is 10.9 Å². The summed E-state index contributed by atoms with van der Waals surface area (Å²) in [5.74, 6) is 0.982. The van der Waals surface area contributed by atoms with E-state index >= 15 is 0 Å². The summed E-state index contributed by atoms with van der Waals surface area (Å²) in [6, 6.07) is 6.82. The zero-order valence-electron chi connectivity index (χ0n) is 14.0. The molecule has 0 saturated carbocycles. The number of ether oxygens (including phenoxy) is 1. The normalized spacial score (nSPS) is 22.4. The van der Waals surface area contributed by atoms with Gasteiger partial charge in [0.1, 0.15) is 5.75 Å². The van der Waals surface area contributed by atoms with Crippen LogP contribution in [0, 0.1) is 5.92 Å². The molecule has 0 aliphatic carbocycles. The molecule has 24 heavy (non-hydrogen) atoms. The molecule has 7 heteroatoms. The fourth-order valence-electron chi connectivity index (χ4n) is 3.13. The smallest absolute Gasteiger partial charge is 0.243 e. The van der Waals surface area contributed by atoms with Crippen molar-refractivity contribution in [3.8, 4) is 5.75 Å². The molecular weight excluding hydrogens is 326 g/mol. The van der Waals surface area contributed by atoms with Crippen molar-refractivity contribution in [2.24, 2.45) is 5.92 Å². The highest BCUT2D eigenvalue weighted by atomic mass is 32.2. The highest BCUT2D eigenvalue weighted by Crippen LogP contribution is 2.31. The number of nitrogens with zero attached hydrogens (tertiary/aromatic N) is 3. The third-order valence-corrected chi connectivity index (χ3v) is 6.40. The molecule has 1 aliphatic heterocycles.